The van der Waals surface area contributed by atoms with Gasteiger partial charge in [-0.2, -0.15) is 0 Å². The van der Waals surface area contributed by atoms with E-state index in [-0.39, 0.29) is 0 Å². The fraction of sp³-hybridized carbons (Fsp3) is 0.583. The molecule has 1 aliphatic heterocycles. The zero-order chi connectivity index (χ0) is 12.6. The minimum atomic E-state index is 0.532. The second kappa shape index (κ2) is 4.82. The topological polar surface area (TPSA) is 45.4 Å². The molecule has 0 saturated carbocycles. The molecule has 2 heterocycles. The number of halogens is 1. The van der Waals surface area contributed by atoms with Crippen LogP contribution < -0.4 is 10.6 Å². The van der Waals surface area contributed by atoms with Crippen LogP contribution in [0.25, 0.3) is 0 Å². The number of nitrogen functional groups attached to an aromatic ring is 1. The van der Waals surface area contributed by atoms with Gasteiger partial charge in [0.1, 0.15) is 5.82 Å². The van der Waals surface area contributed by atoms with E-state index in [1.54, 1.807) is 6.20 Å². The van der Waals surface area contributed by atoms with Crippen LogP contribution in [0.15, 0.2) is 16.7 Å². The second-order valence-corrected chi connectivity index (χ2v) is 5.70. The number of nitrogens with zero attached hydrogens (tertiary/aromatic N) is 3. The Balaban J connectivity index is 2.23. The lowest BCUT2D eigenvalue weighted by molar-refractivity contribution is 0.169. The molecule has 4 nitrogen and oxygen atoms in total. The summed E-state index contributed by atoms with van der Waals surface area (Å²) in [6, 6.07) is 2.98. The van der Waals surface area contributed by atoms with Crippen LogP contribution in [-0.4, -0.2) is 42.1 Å². The average molecular weight is 299 g/mol. The Morgan fingerprint density at radius 1 is 1.35 bits per heavy atom. The highest BCUT2D eigenvalue weighted by Gasteiger charge is 2.28. The molecule has 1 saturated heterocycles. The van der Waals surface area contributed by atoms with E-state index in [2.05, 4.69) is 51.6 Å². The van der Waals surface area contributed by atoms with Crippen LogP contribution in [0, 0.1) is 0 Å². The van der Waals surface area contributed by atoms with E-state index < -0.39 is 0 Å². The molecule has 1 fully saturated rings. The van der Waals surface area contributed by atoms with Crippen molar-refractivity contribution in [2.75, 3.05) is 30.8 Å². The quantitative estimate of drug-likeness (QED) is 0.861. The third kappa shape index (κ3) is 2.55. The van der Waals surface area contributed by atoms with E-state index in [0.717, 1.165) is 23.4 Å². The molecule has 0 spiro atoms. The van der Waals surface area contributed by atoms with Crippen molar-refractivity contribution in [2.24, 2.45) is 0 Å². The van der Waals surface area contributed by atoms with Gasteiger partial charge in [-0.25, -0.2) is 4.98 Å². The highest BCUT2D eigenvalue weighted by atomic mass is 79.9. The molecular weight excluding hydrogens is 280 g/mol. The van der Waals surface area contributed by atoms with Crippen molar-refractivity contribution < 1.29 is 0 Å². The molecule has 5 heteroatoms. The normalized spacial score (nSPS) is 26.2. The molecule has 0 bridgehead atoms. The number of likely N-dealkylation sites (N-methyl/N-ethyl adjacent to an activating group) is 1. The molecule has 0 aliphatic carbocycles. The number of rotatable bonds is 1. The van der Waals surface area contributed by atoms with Crippen molar-refractivity contribution in [3.05, 3.63) is 16.7 Å². The summed E-state index contributed by atoms with van der Waals surface area (Å²) < 4.78 is 0.974. The molecule has 0 radical (unpaired) electrons. The SMILES string of the molecule is CC1CN(c2ncc(N)cc2Br)CC(C)N1C. The third-order valence-electron chi connectivity index (χ3n) is 3.50. The van der Waals surface area contributed by atoms with E-state index in [9.17, 15) is 0 Å². The van der Waals surface area contributed by atoms with Crippen LogP contribution in [0.5, 0.6) is 0 Å². The smallest absolute Gasteiger partial charge is 0.143 e. The van der Waals surface area contributed by atoms with Gasteiger partial charge >= 0.3 is 0 Å². The van der Waals surface area contributed by atoms with Gasteiger partial charge in [0.05, 0.1) is 16.4 Å². The first-order valence-electron chi connectivity index (χ1n) is 5.87. The molecule has 1 aliphatic rings. The van der Waals surface area contributed by atoms with E-state index >= 15 is 0 Å². The summed E-state index contributed by atoms with van der Waals surface area (Å²) in [5.41, 5.74) is 6.41. The monoisotopic (exact) mass is 298 g/mol. The Kier molecular flexibility index (Phi) is 3.58. The van der Waals surface area contributed by atoms with Crippen molar-refractivity contribution in [1.82, 2.24) is 9.88 Å². The molecule has 1 aromatic rings. The Hall–Kier alpha value is -0.810. The average Bonchev–Trinajstić information content (AvgIpc) is 2.25. The summed E-state index contributed by atoms with van der Waals surface area (Å²) in [7, 11) is 2.18. The summed E-state index contributed by atoms with van der Waals surface area (Å²) in [5.74, 6) is 0.992. The number of nitrogens with two attached hydrogens (primary N) is 1. The number of aromatic nitrogens is 1. The molecule has 94 valence electrons. The van der Waals surface area contributed by atoms with Gasteiger partial charge in [0.15, 0.2) is 0 Å². The van der Waals surface area contributed by atoms with Crippen LogP contribution in [0.4, 0.5) is 11.5 Å². The highest BCUT2D eigenvalue weighted by molar-refractivity contribution is 9.10. The first-order valence-corrected chi connectivity index (χ1v) is 6.66. The number of pyridine rings is 1. The molecular formula is C12H19BrN4. The van der Waals surface area contributed by atoms with E-state index in [1.165, 1.54) is 0 Å². The first-order chi connectivity index (χ1) is 7.99. The molecule has 2 rings (SSSR count). The van der Waals surface area contributed by atoms with Gasteiger partial charge in [0, 0.05) is 25.2 Å². The standard InChI is InChI=1S/C12H19BrN4/c1-8-6-17(7-9(2)16(8)3)12-11(13)4-10(14)5-15-12/h4-5,8-9H,6-7,14H2,1-3H3. The van der Waals surface area contributed by atoms with Gasteiger partial charge in [-0.3, -0.25) is 4.90 Å². The van der Waals surface area contributed by atoms with Gasteiger partial charge in [-0.05, 0) is 42.9 Å². The lowest BCUT2D eigenvalue weighted by atomic mass is 10.1. The van der Waals surface area contributed by atoms with E-state index in [1.807, 2.05) is 6.07 Å². The predicted octanol–water partition coefficient (Wildman–Crippen LogP) is 1.96. The van der Waals surface area contributed by atoms with Crippen LogP contribution in [0.2, 0.25) is 0 Å². The lowest BCUT2D eigenvalue weighted by Gasteiger charge is -2.43. The lowest BCUT2D eigenvalue weighted by Crippen LogP contribution is -2.55. The van der Waals surface area contributed by atoms with Gasteiger partial charge < -0.3 is 10.6 Å². The van der Waals surface area contributed by atoms with Crippen molar-refractivity contribution in [3.63, 3.8) is 0 Å². The third-order valence-corrected chi connectivity index (χ3v) is 4.09. The van der Waals surface area contributed by atoms with Gasteiger partial charge in [-0.15, -0.1) is 0 Å². The summed E-state index contributed by atoms with van der Waals surface area (Å²) in [6.07, 6.45) is 1.72. The van der Waals surface area contributed by atoms with Crippen molar-refractivity contribution in [3.8, 4) is 0 Å². The van der Waals surface area contributed by atoms with Crippen molar-refractivity contribution in [1.29, 1.82) is 0 Å². The van der Waals surface area contributed by atoms with E-state index in [4.69, 9.17) is 5.73 Å². The minimum absolute atomic E-state index is 0.532. The summed E-state index contributed by atoms with van der Waals surface area (Å²) in [4.78, 5) is 9.15. The Bertz CT molecular complexity index is 397. The zero-order valence-corrected chi connectivity index (χ0v) is 12.1. The minimum Gasteiger partial charge on any atom is -0.397 e. The molecule has 1 aromatic heterocycles. The van der Waals surface area contributed by atoms with Gasteiger partial charge in [0.25, 0.3) is 0 Å². The summed E-state index contributed by atoms with van der Waals surface area (Å²) in [6.45, 7) is 6.48. The second-order valence-electron chi connectivity index (χ2n) is 4.84. The molecule has 17 heavy (non-hydrogen) atoms. The van der Waals surface area contributed by atoms with Gasteiger partial charge in [0.2, 0.25) is 0 Å². The van der Waals surface area contributed by atoms with E-state index in [0.29, 0.717) is 17.8 Å². The summed E-state index contributed by atoms with van der Waals surface area (Å²) in [5, 5.41) is 0. The molecule has 2 atom stereocenters. The maximum absolute atomic E-state index is 5.71. The van der Waals surface area contributed by atoms with Crippen LogP contribution in [0.3, 0.4) is 0 Å². The molecule has 2 N–H and O–H groups in total. The van der Waals surface area contributed by atoms with Crippen LogP contribution in [-0.2, 0) is 0 Å². The van der Waals surface area contributed by atoms with Crippen LogP contribution >= 0.6 is 15.9 Å². The Morgan fingerprint density at radius 3 is 2.47 bits per heavy atom. The maximum Gasteiger partial charge on any atom is 0.143 e. The number of piperazine rings is 1. The van der Waals surface area contributed by atoms with Crippen LogP contribution in [0.1, 0.15) is 13.8 Å². The molecule has 0 aromatic carbocycles. The predicted molar refractivity (Wildman–Crippen MR) is 75.2 cm³/mol. The van der Waals surface area contributed by atoms with Crippen molar-refractivity contribution >= 4 is 27.4 Å². The maximum atomic E-state index is 5.71. The summed E-state index contributed by atoms with van der Waals surface area (Å²) >= 11 is 3.54. The van der Waals surface area contributed by atoms with Gasteiger partial charge in [-0.1, -0.05) is 0 Å². The number of hydrogen-bond acceptors (Lipinski definition) is 4. The number of anilines is 2. The number of hydrogen-bond donors (Lipinski definition) is 1. The highest BCUT2D eigenvalue weighted by Crippen LogP contribution is 2.28. The fourth-order valence-corrected chi connectivity index (χ4v) is 2.87. The largest absolute Gasteiger partial charge is 0.397 e. The Morgan fingerprint density at radius 2 is 1.94 bits per heavy atom. The fourth-order valence-electron chi connectivity index (χ4n) is 2.26. The molecule has 0 amide bonds. The first kappa shape index (κ1) is 12.6. The Labute approximate surface area is 111 Å². The zero-order valence-electron chi connectivity index (χ0n) is 10.5. The van der Waals surface area contributed by atoms with Crippen molar-refractivity contribution in [2.45, 2.75) is 25.9 Å². The molecule has 2 unspecified atom stereocenters.